The maximum atomic E-state index is 11.9. The van der Waals surface area contributed by atoms with E-state index in [1.807, 2.05) is 37.3 Å². The molecule has 2 unspecified atom stereocenters. The molecule has 0 amide bonds. The zero-order valence-corrected chi connectivity index (χ0v) is 28.2. The van der Waals surface area contributed by atoms with Gasteiger partial charge in [0.05, 0.1) is 6.10 Å². The summed E-state index contributed by atoms with van der Waals surface area (Å²) in [7, 11) is 0. The van der Waals surface area contributed by atoms with Crippen molar-refractivity contribution in [2.75, 3.05) is 13.2 Å². The van der Waals surface area contributed by atoms with Crippen molar-refractivity contribution < 1.29 is 29.3 Å². The van der Waals surface area contributed by atoms with Gasteiger partial charge >= 0.3 is 11.9 Å². The summed E-state index contributed by atoms with van der Waals surface area (Å²) in [6, 6.07) is 0. The SMILES string of the molecule is CC/C=C\C(O)C/C=C/C=C\C/C=C\C/C=C\CCCC(=O)OC[C@H](O)COC(=O)CCCCCCCCCCC(C)CC. The van der Waals surface area contributed by atoms with Crippen LogP contribution < -0.4 is 0 Å². The fourth-order valence-electron chi connectivity index (χ4n) is 4.35. The monoisotopic (exact) mass is 616 g/mol. The van der Waals surface area contributed by atoms with Crippen molar-refractivity contribution in [1.82, 2.24) is 0 Å². The van der Waals surface area contributed by atoms with E-state index in [1.165, 1.54) is 44.9 Å². The van der Waals surface area contributed by atoms with Crippen LogP contribution in [0.2, 0.25) is 0 Å². The molecule has 0 aromatic rings. The molecular weight excluding hydrogens is 552 g/mol. The first-order valence-corrected chi connectivity index (χ1v) is 17.3. The van der Waals surface area contributed by atoms with E-state index in [2.05, 4.69) is 44.2 Å². The fourth-order valence-corrected chi connectivity index (χ4v) is 4.35. The average molecular weight is 617 g/mol. The largest absolute Gasteiger partial charge is 0.463 e. The molecule has 44 heavy (non-hydrogen) atoms. The average Bonchev–Trinajstić information content (AvgIpc) is 3.02. The van der Waals surface area contributed by atoms with Crippen LogP contribution >= 0.6 is 0 Å². The lowest BCUT2D eigenvalue weighted by Gasteiger charge is -2.12. The predicted octanol–water partition coefficient (Wildman–Crippen LogP) is 9.27. The molecule has 0 aliphatic carbocycles. The summed E-state index contributed by atoms with van der Waals surface area (Å²) in [4.78, 5) is 23.8. The Morgan fingerprint density at radius 3 is 1.84 bits per heavy atom. The van der Waals surface area contributed by atoms with Crippen LogP contribution in [0.3, 0.4) is 0 Å². The minimum Gasteiger partial charge on any atom is -0.463 e. The Morgan fingerprint density at radius 2 is 1.20 bits per heavy atom. The fraction of sp³-hybridized carbons (Fsp3) is 0.684. The molecule has 0 aromatic carbocycles. The smallest absolute Gasteiger partial charge is 0.305 e. The van der Waals surface area contributed by atoms with E-state index in [4.69, 9.17) is 9.47 Å². The molecule has 0 rings (SSSR count). The van der Waals surface area contributed by atoms with E-state index in [0.29, 0.717) is 19.3 Å². The number of carbonyl (C=O) groups is 2. The van der Waals surface area contributed by atoms with Gasteiger partial charge in [-0.15, -0.1) is 0 Å². The zero-order valence-electron chi connectivity index (χ0n) is 28.2. The van der Waals surface area contributed by atoms with E-state index in [1.54, 1.807) is 0 Å². The Morgan fingerprint density at radius 1 is 0.659 bits per heavy atom. The van der Waals surface area contributed by atoms with E-state index < -0.39 is 12.2 Å². The van der Waals surface area contributed by atoms with Gasteiger partial charge in [0, 0.05) is 12.8 Å². The van der Waals surface area contributed by atoms with Crippen LogP contribution in [-0.2, 0) is 19.1 Å². The van der Waals surface area contributed by atoms with Crippen molar-refractivity contribution in [3.8, 4) is 0 Å². The number of carbonyl (C=O) groups excluding carboxylic acids is 2. The highest BCUT2D eigenvalue weighted by molar-refractivity contribution is 5.69. The van der Waals surface area contributed by atoms with Crippen molar-refractivity contribution in [2.24, 2.45) is 5.92 Å². The summed E-state index contributed by atoms with van der Waals surface area (Å²) in [5.41, 5.74) is 0. The highest BCUT2D eigenvalue weighted by Gasteiger charge is 2.12. The maximum Gasteiger partial charge on any atom is 0.305 e. The van der Waals surface area contributed by atoms with Gasteiger partial charge in [0.15, 0.2) is 0 Å². The third kappa shape index (κ3) is 31.0. The van der Waals surface area contributed by atoms with Crippen LogP contribution in [0.1, 0.15) is 136 Å². The molecular formula is C38H64O6. The molecule has 0 fully saturated rings. The minimum atomic E-state index is -0.998. The predicted molar refractivity (Wildman–Crippen MR) is 183 cm³/mol. The molecule has 0 aromatic heterocycles. The number of hydrogen-bond acceptors (Lipinski definition) is 6. The van der Waals surface area contributed by atoms with Gasteiger partial charge in [0.2, 0.25) is 0 Å². The molecule has 0 spiro atoms. The number of allylic oxidation sites excluding steroid dienone is 8. The number of rotatable bonds is 29. The number of ether oxygens (including phenoxy) is 2. The molecule has 0 radical (unpaired) electrons. The Bertz CT molecular complexity index is 825. The molecule has 6 heteroatoms. The molecule has 0 aliphatic heterocycles. The first-order chi connectivity index (χ1) is 21.4. The van der Waals surface area contributed by atoms with Gasteiger partial charge in [-0.2, -0.15) is 0 Å². The first kappa shape index (κ1) is 41.6. The van der Waals surface area contributed by atoms with Crippen molar-refractivity contribution >= 4 is 11.9 Å². The second-order valence-corrected chi connectivity index (χ2v) is 11.7. The normalized spacial score (nSPS) is 14.4. The Balaban J connectivity index is 3.64. The van der Waals surface area contributed by atoms with Crippen LogP contribution in [0.5, 0.6) is 0 Å². The summed E-state index contributed by atoms with van der Waals surface area (Å²) in [6.45, 7) is 6.33. The molecule has 6 nitrogen and oxygen atoms in total. The molecule has 0 saturated heterocycles. The lowest BCUT2D eigenvalue weighted by molar-refractivity contribution is -0.152. The summed E-state index contributed by atoms with van der Waals surface area (Å²) >= 11 is 0. The third-order valence-corrected chi connectivity index (χ3v) is 7.38. The van der Waals surface area contributed by atoms with Crippen LogP contribution in [0.4, 0.5) is 0 Å². The van der Waals surface area contributed by atoms with Crippen LogP contribution in [0, 0.1) is 5.92 Å². The second kappa shape index (κ2) is 32.0. The van der Waals surface area contributed by atoms with E-state index >= 15 is 0 Å². The Kier molecular flexibility index (Phi) is 30.2. The number of hydrogen-bond donors (Lipinski definition) is 2. The molecule has 0 aliphatic rings. The van der Waals surface area contributed by atoms with Gasteiger partial charge in [0.25, 0.3) is 0 Å². The van der Waals surface area contributed by atoms with Gasteiger partial charge in [-0.1, -0.05) is 139 Å². The van der Waals surface area contributed by atoms with Crippen LogP contribution in [0.15, 0.2) is 60.8 Å². The van der Waals surface area contributed by atoms with Gasteiger partial charge in [-0.05, 0) is 50.9 Å². The van der Waals surface area contributed by atoms with Crippen molar-refractivity contribution in [2.45, 2.75) is 149 Å². The van der Waals surface area contributed by atoms with Gasteiger partial charge in [0.1, 0.15) is 19.3 Å². The van der Waals surface area contributed by atoms with Gasteiger partial charge in [-0.3, -0.25) is 9.59 Å². The summed E-state index contributed by atoms with van der Waals surface area (Å²) in [5, 5.41) is 19.7. The number of unbranched alkanes of at least 4 members (excludes halogenated alkanes) is 8. The third-order valence-electron chi connectivity index (χ3n) is 7.38. The van der Waals surface area contributed by atoms with E-state index in [-0.39, 0.29) is 31.6 Å². The lowest BCUT2D eigenvalue weighted by atomic mass is 9.99. The number of aliphatic hydroxyl groups is 2. The van der Waals surface area contributed by atoms with E-state index in [0.717, 1.165) is 50.9 Å². The van der Waals surface area contributed by atoms with Crippen molar-refractivity contribution in [3.63, 3.8) is 0 Å². The Labute approximate surface area is 269 Å². The molecule has 0 bridgehead atoms. The van der Waals surface area contributed by atoms with Crippen LogP contribution in [-0.4, -0.2) is 47.6 Å². The second-order valence-electron chi connectivity index (χ2n) is 11.7. The van der Waals surface area contributed by atoms with Crippen LogP contribution in [0.25, 0.3) is 0 Å². The highest BCUT2D eigenvalue weighted by atomic mass is 16.6. The Hall–Kier alpha value is -2.44. The van der Waals surface area contributed by atoms with Crippen molar-refractivity contribution in [1.29, 1.82) is 0 Å². The molecule has 252 valence electrons. The quantitative estimate of drug-likeness (QED) is 0.0377. The standard InChI is InChI=1S/C38H64O6/c1-4-6-28-35(39)29-24-20-16-11-9-7-8-10-12-17-21-25-30-37(41)43-32-36(40)33-44-38(42)31-26-22-18-14-13-15-19-23-27-34(3)5-2/h6-8,11-12,16-17,20,24,28,34-36,39-40H,4-5,9-10,13-15,18-19,21-23,25-27,29-33H2,1-3H3/b8-7-,16-11-,17-12-,24-20+,28-6-/t34?,35?,36-/m0/s1. The topological polar surface area (TPSA) is 93.1 Å². The van der Waals surface area contributed by atoms with Crippen molar-refractivity contribution in [3.05, 3.63) is 60.8 Å². The van der Waals surface area contributed by atoms with Gasteiger partial charge in [-0.25, -0.2) is 0 Å². The molecule has 0 saturated carbocycles. The lowest BCUT2D eigenvalue weighted by Crippen LogP contribution is -2.25. The number of esters is 2. The number of aliphatic hydroxyl groups excluding tert-OH is 2. The first-order valence-electron chi connectivity index (χ1n) is 17.3. The van der Waals surface area contributed by atoms with E-state index in [9.17, 15) is 19.8 Å². The minimum absolute atomic E-state index is 0.146. The summed E-state index contributed by atoms with van der Waals surface area (Å²) < 4.78 is 10.2. The molecule has 0 heterocycles. The summed E-state index contributed by atoms with van der Waals surface area (Å²) in [6.07, 6.45) is 36.1. The molecule has 3 atom stereocenters. The van der Waals surface area contributed by atoms with Gasteiger partial charge < -0.3 is 19.7 Å². The summed E-state index contributed by atoms with van der Waals surface area (Å²) in [5.74, 6) is 0.188. The zero-order chi connectivity index (χ0) is 32.5. The highest BCUT2D eigenvalue weighted by Crippen LogP contribution is 2.15. The maximum absolute atomic E-state index is 11.9. The molecule has 2 N–H and O–H groups in total.